The Morgan fingerprint density at radius 3 is 2.76 bits per heavy atom. The minimum atomic E-state index is -1.02. The van der Waals surface area contributed by atoms with Gasteiger partial charge in [-0.2, -0.15) is 0 Å². The number of benzene rings is 1. The monoisotopic (exact) mass is 420 g/mol. The first-order valence-electron chi connectivity index (χ1n) is 8.29. The van der Waals surface area contributed by atoms with Crippen LogP contribution in [0.2, 0.25) is 0 Å². The molecule has 0 bridgehead atoms. The minimum absolute atomic E-state index is 0.0284. The first-order valence-corrected chi connectivity index (χ1v) is 9.08. The largest absolute Gasteiger partial charge is 0.488 e. The summed E-state index contributed by atoms with van der Waals surface area (Å²) in [5, 5.41) is 10.3. The van der Waals surface area contributed by atoms with Crippen LogP contribution in [0.5, 0.6) is 5.75 Å². The Hall–Kier alpha value is -0.800. The molecular weight excluding hydrogens is 398 g/mol. The highest BCUT2D eigenvalue weighted by atomic mass is 79.9. The smallest absolute Gasteiger partial charge is 0.216 e. The molecule has 1 N–H and O–H groups in total. The molecule has 25 heavy (non-hydrogen) atoms. The summed E-state index contributed by atoms with van der Waals surface area (Å²) in [5.41, 5.74) is -0.228. The van der Waals surface area contributed by atoms with Gasteiger partial charge < -0.3 is 14.6 Å². The van der Waals surface area contributed by atoms with E-state index in [9.17, 15) is 13.9 Å². The molecule has 0 radical (unpaired) electrons. The number of halogens is 3. The van der Waals surface area contributed by atoms with Crippen molar-refractivity contribution in [3.05, 3.63) is 27.7 Å². The van der Waals surface area contributed by atoms with Crippen LogP contribution in [0.1, 0.15) is 26.3 Å². The zero-order valence-corrected chi connectivity index (χ0v) is 16.1. The van der Waals surface area contributed by atoms with Crippen molar-refractivity contribution in [2.75, 3.05) is 26.2 Å². The van der Waals surface area contributed by atoms with Crippen LogP contribution in [-0.4, -0.2) is 59.2 Å². The van der Waals surface area contributed by atoms with E-state index in [1.807, 2.05) is 25.7 Å². The van der Waals surface area contributed by atoms with Crippen LogP contribution in [0.3, 0.4) is 0 Å². The maximum Gasteiger partial charge on any atom is 0.216 e. The van der Waals surface area contributed by atoms with Crippen molar-refractivity contribution in [2.24, 2.45) is 0 Å². The van der Waals surface area contributed by atoms with Gasteiger partial charge in [0.15, 0.2) is 11.6 Å². The van der Waals surface area contributed by atoms with Crippen LogP contribution in [0.15, 0.2) is 10.5 Å². The highest BCUT2D eigenvalue weighted by Gasteiger charge is 2.36. The van der Waals surface area contributed by atoms with Crippen LogP contribution in [0.25, 0.3) is 0 Å². The summed E-state index contributed by atoms with van der Waals surface area (Å²) >= 11 is 3.02. The fraction of sp³-hybridized carbons (Fsp3) is 0.647. The summed E-state index contributed by atoms with van der Waals surface area (Å²) in [4.78, 5) is 3.87. The van der Waals surface area contributed by atoms with Crippen molar-refractivity contribution in [3.63, 3.8) is 0 Å². The molecule has 3 rings (SSSR count). The van der Waals surface area contributed by atoms with Crippen molar-refractivity contribution in [1.29, 1.82) is 0 Å². The lowest BCUT2D eigenvalue weighted by molar-refractivity contribution is -0.248. The summed E-state index contributed by atoms with van der Waals surface area (Å²) in [6.07, 6.45) is -1.02. The molecule has 0 saturated carbocycles. The second-order valence-corrected chi connectivity index (χ2v) is 8.30. The second kappa shape index (κ2) is 7.08. The highest BCUT2D eigenvalue weighted by Crippen LogP contribution is 2.35. The van der Waals surface area contributed by atoms with Crippen LogP contribution in [-0.2, 0) is 11.3 Å². The van der Waals surface area contributed by atoms with Crippen molar-refractivity contribution in [3.8, 4) is 5.75 Å². The quantitative estimate of drug-likeness (QED) is 0.588. The van der Waals surface area contributed by atoms with Crippen molar-refractivity contribution >= 4 is 15.9 Å². The predicted molar refractivity (Wildman–Crippen MR) is 92.2 cm³/mol. The fourth-order valence-corrected chi connectivity index (χ4v) is 3.55. The van der Waals surface area contributed by atoms with Gasteiger partial charge in [-0.1, -0.05) is 0 Å². The van der Waals surface area contributed by atoms with Crippen LogP contribution in [0.4, 0.5) is 8.78 Å². The van der Waals surface area contributed by atoms with E-state index < -0.39 is 23.6 Å². The molecule has 0 aromatic heterocycles. The van der Waals surface area contributed by atoms with Gasteiger partial charge in [0.1, 0.15) is 12.4 Å². The Labute approximate surface area is 154 Å². The van der Waals surface area contributed by atoms with E-state index in [1.54, 1.807) is 0 Å². The summed E-state index contributed by atoms with van der Waals surface area (Å²) in [6, 6.07) is 1.05. The van der Waals surface area contributed by atoms with Crippen molar-refractivity contribution < 1.29 is 23.4 Å². The number of fused-ring (bicyclic) bond motifs is 2. The Morgan fingerprint density at radius 1 is 1.36 bits per heavy atom. The average Bonchev–Trinajstić information content (AvgIpc) is 2.70. The van der Waals surface area contributed by atoms with E-state index in [4.69, 9.17) is 9.47 Å². The number of nitrogens with zero attached hydrogens (tertiary/aromatic N) is 2. The molecule has 1 saturated heterocycles. The van der Waals surface area contributed by atoms with Gasteiger partial charge in [-0.15, -0.1) is 0 Å². The van der Waals surface area contributed by atoms with Gasteiger partial charge in [-0.3, -0.25) is 9.80 Å². The molecular formula is C17H23BrF2N2O3. The minimum Gasteiger partial charge on any atom is -0.488 e. The number of rotatable bonds is 2. The third-order valence-corrected chi connectivity index (χ3v) is 4.99. The van der Waals surface area contributed by atoms with Gasteiger partial charge in [0, 0.05) is 31.7 Å². The molecule has 1 aromatic carbocycles. The molecule has 1 fully saturated rings. The number of aliphatic hydroxyl groups excluding tert-OH is 1. The Bertz CT molecular complexity index is 654. The van der Waals surface area contributed by atoms with Gasteiger partial charge in [-0.25, -0.2) is 8.78 Å². The fourth-order valence-electron chi connectivity index (χ4n) is 3.17. The third kappa shape index (κ3) is 4.14. The van der Waals surface area contributed by atoms with E-state index in [0.717, 1.165) is 6.07 Å². The van der Waals surface area contributed by atoms with Crippen LogP contribution >= 0.6 is 15.9 Å². The molecule has 2 heterocycles. The van der Waals surface area contributed by atoms with Gasteiger partial charge in [-0.05, 0) is 42.8 Å². The average molecular weight is 421 g/mol. The molecule has 1 aromatic rings. The first-order chi connectivity index (χ1) is 11.7. The van der Waals surface area contributed by atoms with E-state index in [0.29, 0.717) is 19.6 Å². The molecule has 2 atom stereocenters. The molecule has 0 spiro atoms. The Kier molecular flexibility index (Phi) is 5.37. The van der Waals surface area contributed by atoms with Gasteiger partial charge in [0.05, 0.1) is 16.1 Å². The second-order valence-electron chi connectivity index (χ2n) is 7.45. The molecule has 5 nitrogen and oxygen atoms in total. The van der Waals surface area contributed by atoms with Crippen LogP contribution in [0, 0.1) is 11.6 Å². The standard InChI is InChI=1S/C17H23BrF2N2O3/c1-17(2,3)25-16(23)22-5-4-21-8-11-13(19)6-12(18)14(20)15(11)24-9-10(21)7-22/h6,10,16,23H,4-5,7-9H2,1-3H3/t10-,16?/m1/s1. The van der Waals surface area contributed by atoms with Gasteiger partial charge in [0.25, 0.3) is 0 Å². The summed E-state index contributed by atoms with van der Waals surface area (Å²) in [5.74, 6) is -1.09. The van der Waals surface area contributed by atoms with Gasteiger partial charge in [0.2, 0.25) is 6.41 Å². The molecule has 0 amide bonds. The molecule has 2 aliphatic heterocycles. The topological polar surface area (TPSA) is 45.2 Å². The van der Waals surface area contributed by atoms with E-state index in [1.165, 1.54) is 0 Å². The third-order valence-electron chi connectivity index (χ3n) is 4.41. The van der Waals surface area contributed by atoms with E-state index in [-0.39, 0.29) is 35.0 Å². The van der Waals surface area contributed by atoms with E-state index >= 15 is 0 Å². The lowest BCUT2D eigenvalue weighted by Crippen LogP contribution is -2.58. The predicted octanol–water partition coefficient (Wildman–Crippen LogP) is 2.70. The zero-order chi connectivity index (χ0) is 18.4. The Balaban J connectivity index is 1.75. The number of hydrogen-bond acceptors (Lipinski definition) is 5. The molecule has 8 heteroatoms. The van der Waals surface area contributed by atoms with Crippen LogP contribution < -0.4 is 4.74 Å². The maximum atomic E-state index is 14.3. The number of piperazine rings is 1. The van der Waals surface area contributed by atoms with Crippen molar-refractivity contribution in [1.82, 2.24) is 9.80 Å². The highest BCUT2D eigenvalue weighted by molar-refractivity contribution is 9.10. The van der Waals surface area contributed by atoms with E-state index in [2.05, 4.69) is 20.8 Å². The molecule has 2 aliphatic rings. The van der Waals surface area contributed by atoms with Gasteiger partial charge >= 0.3 is 0 Å². The zero-order valence-electron chi connectivity index (χ0n) is 14.6. The summed E-state index contributed by atoms with van der Waals surface area (Å²) in [7, 11) is 0. The number of hydrogen-bond donors (Lipinski definition) is 1. The maximum absolute atomic E-state index is 14.3. The normalized spacial score (nSPS) is 23.4. The lowest BCUT2D eigenvalue weighted by Gasteiger charge is -2.42. The molecule has 0 aliphatic carbocycles. The summed E-state index contributed by atoms with van der Waals surface area (Å²) in [6.45, 7) is 7.80. The summed E-state index contributed by atoms with van der Waals surface area (Å²) < 4.78 is 39.8. The lowest BCUT2D eigenvalue weighted by atomic mass is 10.1. The number of ether oxygens (including phenoxy) is 2. The molecule has 140 valence electrons. The Morgan fingerprint density at radius 2 is 2.08 bits per heavy atom. The first kappa shape index (κ1) is 19.0. The number of aliphatic hydroxyl groups is 1. The van der Waals surface area contributed by atoms with Crippen molar-refractivity contribution in [2.45, 2.75) is 45.4 Å². The SMILES string of the molecule is CC(C)(C)OC(O)N1CCN2Cc3c(F)cc(Br)c(F)c3OC[C@H]2C1. The molecule has 1 unspecified atom stereocenters.